The second-order valence-corrected chi connectivity index (χ2v) is 5.54. The van der Waals surface area contributed by atoms with Crippen LogP contribution in [0.25, 0.3) is 0 Å². The summed E-state index contributed by atoms with van der Waals surface area (Å²) in [6, 6.07) is 13.4. The number of nitrogens with one attached hydrogen (secondary N) is 1. The van der Waals surface area contributed by atoms with Crippen LogP contribution < -0.4 is 5.32 Å². The Hall–Kier alpha value is -1.32. The Kier molecular flexibility index (Phi) is 5.43. The molecular weight excluding hydrogens is 252 g/mol. The van der Waals surface area contributed by atoms with E-state index in [0.29, 0.717) is 6.04 Å². The van der Waals surface area contributed by atoms with Crippen molar-refractivity contribution in [2.24, 2.45) is 0 Å². The highest BCUT2D eigenvalue weighted by atomic mass is 32.2. The predicted octanol–water partition coefficient (Wildman–Crippen LogP) is 4.04. The standard InChI is InChI=1S/C16H20N2S/c1-3-18-13(2)15-4-6-16(7-5-15)19-12-14-8-10-17-11-9-14/h4-11,13,18H,3,12H2,1-2H3. The van der Waals surface area contributed by atoms with Gasteiger partial charge in [0.05, 0.1) is 0 Å². The van der Waals surface area contributed by atoms with Crippen LogP contribution in [0.5, 0.6) is 0 Å². The van der Waals surface area contributed by atoms with Gasteiger partial charge in [-0.25, -0.2) is 0 Å². The fourth-order valence-corrected chi connectivity index (χ4v) is 2.78. The Morgan fingerprint density at radius 3 is 2.42 bits per heavy atom. The van der Waals surface area contributed by atoms with Crippen molar-refractivity contribution in [2.75, 3.05) is 6.54 Å². The first-order chi connectivity index (χ1) is 9.29. The summed E-state index contributed by atoms with van der Waals surface area (Å²) in [5.41, 5.74) is 2.65. The van der Waals surface area contributed by atoms with E-state index in [0.717, 1.165) is 12.3 Å². The molecule has 0 aliphatic rings. The number of pyridine rings is 1. The number of hydrogen-bond donors (Lipinski definition) is 1. The third-order valence-corrected chi connectivity index (χ3v) is 4.13. The molecule has 1 unspecified atom stereocenters. The van der Waals surface area contributed by atoms with Crippen LogP contribution in [0, 0.1) is 0 Å². The lowest BCUT2D eigenvalue weighted by Crippen LogP contribution is -2.17. The first kappa shape index (κ1) is 14.1. The van der Waals surface area contributed by atoms with Crippen molar-refractivity contribution in [1.29, 1.82) is 0 Å². The van der Waals surface area contributed by atoms with Crippen molar-refractivity contribution in [3.8, 4) is 0 Å². The largest absolute Gasteiger partial charge is 0.310 e. The molecule has 0 amide bonds. The summed E-state index contributed by atoms with van der Waals surface area (Å²) < 4.78 is 0. The minimum Gasteiger partial charge on any atom is -0.310 e. The Morgan fingerprint density at radius 2 is 1.79 bits per heavy atom. The quantitative estimate of drug-likeness (QED) is 0.803. The summed E-state index contributed by atoms with van der Waals surface area (Å²) >= 11 is 1.86. The summed E-state index contributed by atoms with van der Waals surface area (Å²) in [5, 5.41) is 3.43. The molecule has 1 N–H and O–H groups in total. The molecule has 100 valence electrons. The van der Waals surface area contributed by atoms with Gasteiger partial charge >= 0.3 is 0 Å². The molecular formula is C16H20N2S. The van der Waals surface area contributed by atoms with Crippen LogP contribution in [0.15, 0.2) is 53.7 Å². The number of hydrogen-bond acceptors (Lipinski definition) is 3. The minimum absolute atomic E-state index is 0.421. The molecule has 2 rings (SSSR count). The van der Waals surface area contributed by atoms with E-state index in [1.165, 1.54) is 16.0 Å². The van der Waals surface area contributed by atoms with Crippen molar-refractivity contribution >= 4 is 11.8 Å². The summed E-state index contributed by atoms with van der Waals surface area (Å²) in [4.78, 5) is 5.34. The molecule has 0 aliphatic carbocycles. The molecule has 19 heavy (non-hydrogen) atoms. The van der Waals surface area contributed by atoms with Gasteiger partial charge < -0.3 is 5.32 Å². The van der Waals surface area contributed by atoms with E-state index < -0.39 is 0 Å². The monoisotopic (exact) mass is 272 g/mol. The van der Waals surface area contributed by atoms with Gasteiger partial charge in [-0.05, 0) is 48.9 Å². The first-order valence-corrected chi connectivity index (χ1v) is 7.63. The molecule has 0 radical (unpaired) electrons. The zero-order valence-corrected chi connectivity index (χ0v) is 12.3. The predicted molar refractivity (Wildman–Crippen MR) is 82.3 cm³/mol. The third kappa shape index (κ3) is 4.37. The van der Waals surface area contributed by atoms with E-state index in [2.05, 4.69) is 60.5 Å². The van der Waals surface area contributed by atoms with Crippen molar-refractivity contribution in [2.45, 2.75) is 30.5 Å². The van der Waals surface area contributed by atoms with Gasteiger partial charge in [-0.2, -0.15) is 0 Å². The number of aromatic nitrogens is 1. The topological polar surface area (TPSA) is 24.9 Å². The van der Waals surface area contributed by atoms with E-state index in [1.807, 2.05) is 24.2 Å². The highest BCUT2D eigenvalue weighted by Gasteiger charge is 2.03. The lowest BCUT2D eigenvalue weighted by atomic mass is 10.1. The molecule has 0 bridgehead atoms. The second kappa shape index (κ2) is 7.31. The van der Waals surface area contributed by atoms with Crippen LogP contribution in [-0.2, 0) is 5.75 Å². The second-order valence-electron chi connectivity index (χ2n) is 4.49. The average molecular weight is 272 g/mol. The van der Waals surface area contributed by atoms with Crippen molar-refractivity contribution in [1.82, 2.24) is 10.3 Å². The van der Waals surface area contributed by atoms with Crippen LogP contribution in [0.3, 0.4) is 0 Å². The molecule has 0 saturated carbocycles. The van der Waals surface area contributed by atoms with Gasteiger partial charge in [-0.1, -0.05) is 19.1 Å². The van der Waals surface area contributed by atoms with Gasteiger partial charge in [0.25, 0.3) is 0 Å². The van der Waals surface area contributed by atoms with Gasteiger partial charge in [-0.3, -0.25) is 4.98 Å². The number of benzene rings is 1. The van der Waals surface area contributed by atoms with Crippen molar-refractivity contribution in [3.05, 3.63) is 59.9 Å². The van der Waals surface area contributed by atoms with Gasteiger partial charge in [0.2, 0.25) is 0 Å². The van der Waals surface area contributed by atoms with E-state index in [1.54, 1.807) is 0 Å². The van der Waals surface area contributed by atoms with Crippen molar-refractivity contribution < 1.29 is 0 Å². The third-order valence-electron chi connectivity index (χ3n) is 3.05. The fraction of sp³-hybridized carbons (Fsp3) is 0.312. The van der Waals surface area contributed by atoms with Crippen LogP contribution in [0.1, 0.15) is 31.0 Å². The number of thioether (sulfide) groups is 1. The highest BCUT2D eigenvalue weighted by molar-refractivity contribution is 7.98. The van der Waals surface area contributed by atoms with Crippen LogP contribution in [-0.4, -0.2) is 11.5 Å². The average Bonchev–Trinajstić information content (AvgIpc) is 2.47. The molecule has 0 fully saturated rings. The maximum absolute atomic E-state index is 4.03. The Balaban J connectivity index is 1.92. The fourth-order valence-electron chi connectivity index (χ4n) is 1.92. The van der Waals surface area contributed by atoms with Gasteiger partial charge in [0.15, 0.2) is 0 Å². The van der Waals surface area contributed by atoms with Crippen LogP contribution in [0.2, 0.25) is 0 Å². The summed E-state index contributed by atoms with van der Waals surface area (Å²) in [5.74, 6) is 0.991. The first-order valence-electron chi connectivity index (χ1n) is 6.64. The highest BCUT2D eigenvalue weighted by Crippen LogP contribution is 2.24. The van der Waals surface area contributed by atoms with Crippen LogP contribution >= 0.6 is 11.8 Å². The molecule has 2 aromatic rings. The maximum Gasteiger partial charge on any atom is 0.0291 e. The van der Waals surface area contributed by atoms with Crippen LogP contribution in [0.4, 0.5) is 0 Å². The maximum atomic E-state index is 4.03. The van der Waals surface area contributed by atoms with E-state index in [-0.39, 0.29) is 0 Å². The molecule has 2 nitrogen and oxygen atoms in total. The Bertz CT molecular complexity index is 482. The number of nitrogens with zero attached hydrogens (tertiary/aromatic N) is 1. The zero-order valence-electron chi connectivity index (χ0n) is 11.5. The molecule has 3 heteroatoms. The Morgan fingerprint density at radius 1 is 1.11 bits per heavy atom. The van der Waals surface area contributed by atoms with Gasteiger partial charge in [0, 0.05) is 29.1 Å². The van der Waals surface area contributed by atoms with E-state index in [9.17, 15) is 0 Å². The molecule has 1 aromatic carbocycles. The lowest BCUT2D eigenvalue weighted by molar-refractivity contribution is 0.598. The van der Waals surface area contributed by atoms with Crippen molar-refractivity contribution in [3.63, 3.8) is 0 Å². The molecule has 0 saturated heterocycles. The summed E-state index contributed by atoms with van der Waals surface area (Å²) in [6.07, 6.45) is 3.69. The molecule has 1 heterocycles. The van der Waals surface area contributed by atoms with E-state index >= 15 is 0 Å². The number of rotatable bonds is 6. The summed E-state index contributed by atoms with van der Waals surface area (Å²) in [6.45, 7) is 5.33. The van der Waals surface area contributed by atoms with Gasteiger partial charge in [-0.15, -0.1) is 11.8 Å². The summed E-state index contributed by atoms with van der Waals surface area (Å²) in [7, 11) is 0. The molecule has 1 aromatic heterocycles. The minimum atomic E-state index is 0.421. The molecule has 0 aliphatic heterocycles. The SMILES string of the molecule is CCNC(C)c1ccc(SCc2ccncc2)cc1. The van der Waals surface area contributed by atoms with Gasteiger partial charge in [0.1, 0.15) is 0 Å². The normalized spacial score (nSPS) is 12.3. The molecule has 1 atom stereocenters. The zero-order chi connectivity index (χ0) is 13.5. The smallest absolute Gasteiger partial charge is 0.0291 e. The lowest BCUT2D eigenvalue weighted by Gasteiger charge is -2.13. The molecule has 0 spiro atoms. The van der Waals surface area contributed by atoms with E-state index in [4.69, 9.17) is 0 Å². The Labute approximate surface area is 119 Å².